The van der Waals surface area contributed by atoms with E-state index in [1.54, 1.807) is 18.8 Å². The summed E-state index contributed by atoms with van der Waals surface area (Å²) >= 11 is 1.80. The zero-order valence-corrected chi connectivity index (χ0v) is 10.7. The van der Waals surface area contributed by atoms with Crippen LogP contribution in [0.1, 0.15) is 24.3 Å². The molecule has 0 aliphatic rings. The van der Waals surface area contributed by atoms with Gasteiger partial charge in [0.15, 0.2) is 0 Å². The van der Waals surface area contributed by atoms with Gasteiger partial charge in [0, 0.05) is 18.8 Å². The van der Waals surface area contributed by atoms with E-state index in [-0.39, 0.29) is 11.9 Å². The monoisotopic (exact) mass is 242 g/mol. The lowest BCUT2D eigenvalue weighted by molar-refractivity contribution is 0.0935. The summed E-state index contributed by atoms with van der Waals surface area (Å²) in [5.74, 6) is 1.79. The number of anilines is 1. The number of hydrogen-bond acceptors (Lipinski definition) is 4. The topological polar surface area (TPSA) is 72.9 Å². The molecule has 90 valence electrons. The van der Waals surface area contributed by atoms with Crippen LogP contribution in [0, 0.1) is 0 Å². The molecule has 5 nitrogen and oxygen atoms in total. The molecular weight excluding hydrogens is 224 g/mol. The summed E-state index contributed by atoms with van der Waals surface area (Å²) < 4.78 is 1.49. The number of rotatable bonds is 5. The minimum atomic E-state index is -0.165. The van der Waals surface area contributed by atoms with Crippen LogP contribution in [0.4, 0.5) is 5.69 Å². The summed E-state index contributed by atoms with van der Waals surface area (Å²) in [4.78, 5) is 11.9. The van der Waals surface area contributed by atoms with Crippen molar-refractivity contribution >= 4 is 23.4 Å². The van der Waals surface area contributed by atoms with Crippen LogP contribution in [0.3, 0.4) is 0 Å². The van der Waals surface area contributed by atoms with Crippen molar-refractivity contribution in [3.8, 4) is 0 Å². The zero-order valence-electron chi connectivity index (χ0n) is 9.86. The molecule has 1 atom stereocenters. The molecule has 1 aromatic heterocycles. The van der Waals surface area contributed by atoms with Crippen molar-refractivity contribution in [3.63, 3.8) is 0 Å². The third-order valence-electron chi connectivity index (χ3n) is 2.13. The van der Waals surface area contributed by atoms with E-state index in [2.05, 4.69) is 17.3 Å². The van der Waals surface area contributed by atoms with Gasteiger partial charge in [-0.1, -0.05) is 6.92 Å². The number of nitrogens with two attached hydrogens (primary N) is 1. The number of aromatic nitrogens is 2. The van der Waals surface area contributed by atoms with E-state index < -0.39 is 0 Å². The second-order valence-corrected chi connectivity index (χ2v) is 4.93. The first-order valence-corrected chi connectivity index (χ1v) is 6.37. The van der Waals surface area contributed by atoms with Gasteiger partial charge in [-0.05, 0) is 12.7 Å². The molecular formula is C10H18N4OS. The lowest BCUT2D eigenvalue weighted by Gasteiger charge is -2.13. The first-order valence-electron chi connectivity index (χ1n) is 5.22. The average Bonchev–Trinajstić information content (AvgIpc) is 2.55. The Bertz CT molecular complexity index is 344. The number of nitrogens with one attached hydrogen (secondary N) is 1. The normalized spacial score (nSPS) is 12.4. The van der Waals surface area contributed by atoms with Crippen LogP contribution < -0.4 is 11.1 Å². The first-order chi connectivity index (χ1) is 7.56. The van der Waals surface area contributed by atoms with Gasteiger partial charge in [0.25, 0.3) is 5.91 Å². The van der Waals surface area contributed by atoms with Crippen LogP contribution in [0.15, 0.2) is 6.20 Å². The molecule has 0 saturated heterocycles. The molecule has 0 bridgehead atoms. The van der Waals surface area contributed by atoms with Crippen molar-refractivity contribution in [2.45, 2.75) is 19.9 Å². The van der Waals surface area contributed by atoms with Gasteiger partial charge in [-0.3, -0.25) is 9.48 Å². The third kappa shape index (κ3) is 3.16. The Kier molecular flexibility index (Phi) is 4.67. The Morgan fingerprint density at radius 1 is 1.75 bits per heavy atom. The summed E-state index contributed by atoms with van der Waals surface area (Å²) in [6.45, 7) is 4.07. The highest BCUT2D eigenvalue weighted by atomic mass is 32.2. The number of aryl methyl sites for hydroxylation is 1. The molecule has 1 amide bonds. The summed E-state index contributed by atoms with van der Waals surface area (Å²) in [6, 6.07) is 0.131. The summed E-state index contributed by atoms with van der Waals surface area (Å²) in [6.07, 6.45) is 1.49. The van der Waals surface area contributed by atoms with Crippen molar-refractivity contribution in [2.75, 3.05) is 17.2 Å². The molecule has 16 heavy (non-hydrogen) atoms. The largest absolute Gasteiger partial charge is 0.396 e. The van der Waals surface area contributed by atoms with Crippen LogP contribution in [0.25, 0.3) is 0 Å². The van der Waals surface area contributed by atoms with E-state index in [1.165, 1.54) is 10.9 Å². The lowest BCUT2D eigenvalue weighted by atomic mass is 10.3. The number of nitrogen functional groups attached to an aromatic ring is 1. The van der Waals surface area contributed by atoms with Gasteiger partial charge in [0.2, 0.25) is 0 Å². The Morgan fingerprint density at radius 3 is 2.94 bits per heavy atom. The SMILES string of the molecule is CCSCC(C)NC(=O)c1c(N)cnn1C. The Labute approximate surface area is 99.8 Å². The summed E-state index contributed by atoms with van der Waals surface area (Å²) in [5, 5.41) is 6.83. The number of thioether (sulfide) groups is 1. The van der Waals surface area contributed by atoms with Crippen LogP contribution in [0.2, 0.25) is 0 Å². The molecule has 0 spiro atoms. The molecule has 0 aromatic carbocycles. The van der Waals surface area contributed by atoms with Gasteiger partial charge in [0.1, 0.15) is 5.69 Å². The maximum atomic E-state index is 11.9. The van der Waals surface area contributed by atoms with Gasteiger partial charge in [-0.15, -0.1) is 0 Å². The summed E-state index contributed by atoms with van der Waals surface area (Å²) in [5.41, 5.74) is 6.51. The number of amides is 1. The second kappa shape index (κ2) is 5.79. The number of hydrogen-bond donors (Lipinski definition) is 2. The van der Waals surface area contributed by atoms with Gasteiger partial charge in [-0.2, -0.15) is 16.9 Å². The molecule has 0 aliphatic carbocycles. The first kappa shape index (κ1) is 12.9. The van der Waals surface area contributed by atoms with Crippen molar-refractivity contribution in [1.29, 1.82) is 0 Å². The predicted octanol–water partition coefficient (Wildman–Crippen LogP) is 0.874. The molecule has 1 aromatic rings. The van der Waals surface area contributed by atoms with E-state index in [4.69, 9.17) is 5.73 Å². The van der Waals surface area contributed by atoms with E-state index in [0.717, 1.165) is 11.5 Å². The van der Waals surface area contributed by atoms with Gasteiger partial charge in [0.05, 0.1) is 11.9 Å². The average molecular weight is 242 g/mol. The van der Waals surface area contributed by atoms with E-state index in [0.29, 0.717) is 11.4 Å². The van der Waals surface area contributed by atoms with E-state index in [9.17, 15) is 4.79 Å². The molecule has 1 heterocycles. The Hall–Kier alpha value is -1.17. The highest BCUT2D eigenvalue weighted by Crippen LogP contribution is 2.09. The van der Waals surface area contributed by atoms with E-state index in [1.807, 2.05) is 6.92 Å². The maximum Gasteiger partial charge on any atom is 0.271 e. The molecule has 0 aliphatic heterocycles. The molecule has 6 heteroatoms. The number of carbonyl (C=O) groups is 1. The van der Waals surface area contributed by atoms with Gasteiger partial charge < -0.3 is 11.1 Å². The van der Waals surface area contributed by atoms with Crippen LogP contribution in [0.5, 0.6) is 0 Å². The lowest BCUT2D eigenvalue weighted by Crippen LogP contribution is -2.35. The Morgan fingerprint density at radius 2 is 2.44 bits per heavy atom. The molecule has 3 N–H and O–H groups in total. The Balaban J connectivity index is 2.59. The molecule has 0 radical (unpaired) electrons. The van der Waals surface area contributed by atoms with Crippen LogP contribution in [-0.4, -0.2) is 33.2 Å². The fourth-order valence-electron chi connectivity index (χ4n) is 1.36. The molecule has 0 fully saturated rings. The number of carbonyl (C=O) groups excluding carboxylic acids is 1. The highest BCUT2D eigenvalue weighted by Gasteiger charge is 2.16. The van der Waals surface area contributed by atoms with Crippen molar-refractivity contribution in [2.24, 2.45) is 7.05 Å². The van der Waals surface area contributed by atoms with Crippen LogP contribution >= 0.6 is 11.8 Å². The molecule has 0 saturated carbocycles. The number of nitrogens with zero attached hydrogens (tertiary/aromatic N) is 2. The second-order valence-electron chi connectivity index (χ2n) is 3.61. The van der Waals surface area contributed by atoms with Crippen molar-refractivity contribution in [3.05, 3.63) is 11.9 Å². The minimum absolute atomic E-state index is 0.131. The summed E-state index contributed by atoms with van der Waals surface area (Å²) in [7, 11) is 1.71. The zero-order chi connectivity index (χ0) is 12.1. The highest BCUT2D eigenvalue weighted by molar-refractivity contribution is 7.99. The predicted molar refractivity (Wildman–Crippen MR) is 67.5 cm³/mol. The maximum absolute atomic E-state index is 11.9. The van der Waals surface area contributed by atoms with E-state index >= 15 is 0 Å². The quantitative estimate of drug-likeness (QED) is 0.803. The smallest absolute Gasteiger partial charge is 0.271 e. The van der Waals surface area contributed by atoms with Crippen LogP contribution in [-0.2, 0) is 7.05 Å². The fraction of sp³-hybridized carbons (Fsp3) is 0.600. The standard InChI is InChI=1S/C10H18N4OS/c1-4-16-6-7(2)13-10(15)9-8(11)5-12-14(9)3/h5,7H,4,6,11H2,1-3H3,(H,13,15). The van der Waals surface area contributed by atoms with Crippen molar-refractivity contribution in [1.82, 2.24) is 15.1 Å². The van der Waals surface area contributed by atoms with Gasteiger partial charge in [-0.25, -0.2) is 0 Å². The van der Waals surface area contributed by atoms with Gasteiger partial charge >= 0.3 is 0 Å². The molecule has 1 unspecified atom stereocenters. The fourth-order valence-corrected chi connectivity index (χ4v) is 2.03. The minimum Gasteiger partial charge on any atom is -0.396 e. The molecule has 1 rings (SSSR count). The van der Waals surface area contributed by atoms with Crippen molar-refractivity contribution < 1.29 is 4.79 Å². The third-order valence-corrected chi connectivity index (χ3v) is 3.28.